The van der Waals surface area contributed by atoms with Crippen molar-refractivity contribution in [2.24, 2.45) is 0 Å². The van der Waals surface area contributed by atoms with Crippen LogP contribution in [0.15, 0.2) is 59.9 Å². The predicted molar refractivity (Wildman–Crippen MR) is 104 cm³/mol. The minimum atomic E-state index is -0.676. The first kappa shape index (κ1) is 18.9. The number of halogens is 1. The summed E-state index contributed by atoms with van der Waals surface area (Å²) in [7, 11) is 0. The number of aromatic nitrogens is 2. The second-order valence-electron chi connectivity index (χ2n) is 5.59. The van der Waals surface area contributed by atoms with Gasteiger partial charge in [-0.05, 0) is 42.3 Å². The van der Waals surface area contributed by atoms with E-state index in [9.17, 15) is 4.79 Å². The number of hydrogen-bond acceptors (Lipinski definition) is 6. The Morgan fingerprint density at radius 2 is 1.96 bits per heavy atom. The fourth-order valence-electron chi connectivity index (χ4n) is 2.23. The maximum absolute atomic E-state index is 12.4. The highest BCUT2D eigenvalue weighted by Gasteiger charge is 2.17. The Balaban J connectivity index is 1.73. The molecule has 0 radical (unpaired) electrons. The molecule has 0 unspecified atom stereocenters. The number of benzene rings is 2. The molecule has 2 aromatic carbocycles. The van der Waals surface area contributed by atoms with Crippen LogP contribution in [0.4, 0.5) is 0 Å². The van der Waals surface area contributed by atoms with E-state index in [0.717, 1.165) is 0 Å². The minimum Gasteiger partial charge on any atom is -0.422 e. The van der Waals surface area contributed by atoms with Gasteiger partial charge in [-0.25, -0.2) is 14.8 Å². The molecule has 0 N–H and O–H groups in total. The van der Waals surface area contributed by atoms with Crippen LogP contribution in [-0.2, 0) is 5.75 Å². The van der Waals surface area contributed by atoms with Crippen molar-refractivity contribution in [2.45, 2.75) is 17.8 Å². The lowest BCUT2D eigenvalue weighted by Gasteiger charge is -2.07. The van der Waals surface area contributed by atoms with Crippen molar-refractivity contribution < 1.29 is 9.53 Å². The summed E-state index contributed by atoms with van der Waals surface area (Å²) in [6, 6.07) is 16.3. The van der Waals surface area contributed by atoms with Crippen molar-refractivity contribution >= 4 is 29.3 Å². The van der Waals surface area contributed by atoms with Crippen LogP contribution in [0.25, 0.3) is 0 Å². The number of hydrogen-bond donors (Lipinski definition) is 0. The van der Waals surface area contributed by atoms with Gasteiger partial charge < -0.3 is 4.74 Å². The molecule has 1 heterocycles. The minimum absolute atomic E-state index is 0.00306. The van der Waals surface area contributed by atoms with E-state index in [4.69, 9.17) is 21.6 Å². The molecule has 3 aromatic rings. The normalized spacial score (nSPS) is 10.3. The second kappa shape index (κ2) is 8.67. The van der Waals surface area contributed by atoms with Crippen LogP contribution in [0, 0.1) is 18.3 Å². The van der Waals surface area contributed by atoms with Gasteiger partial charge in [0.25, 0.3) is 0 Å². The highest BCUT2D eigenvalue weighted by atomic mass is 35.5. The van der Waals surface area contributed by atoms with Crippen LogP contribution < -0.4 is 4.74 Å². The van der Waals surface area contributed by atoms with Gasteiger partial charge in [0.05, 0.1) is 22.9 Å². The van der Waals surface area contributed by atoms with Gasteiger partial charge in [0.1, 0.15) is 5.75 Å². The van der Waals surface area contributed by atoms with Gasteiger partial charge in [-0.15, -0.1) is 0 Å². The van der Waals surface area contributed by atoms with Crippen molar-refractivity contribution in [2.75, 3.05) is 0 Å². The molecule has 3 rings (SSSR count). The summed E-state index contributed by atoms with van der Waals surface area (Å²) in [4.78, 5) is 20.8. The van der Waals surface area contributed by atoms with Crippen LogP contribution in [-0.4, -0.2) is 15.9 Å². The first-order valence-electron chi connectivity index (χ1n) is 7.99. The Morgan fingerprint density at radius 3 is 2.67 bits per heavy atom. The highest BCUT2D eigenvalue weighted by Crippen LogP contribution is 2.24. The lowest BCUT2D eigenvalue weighted by molar-refractivity contribution is 0.0727. The third kappa shape index (κ3) is 4.85. The number of nitriles is 1. The number of ether oxygens (including phenoxy) is 1. The quantitative estimate of drug-likeness (QED) is 0.267. The first-order chi connectivity index (χ1) is 13.1. The molecule has 0 aliphatic carbocycles. The van der Waals surface area contributed by atoms with Crippen LogP contribution in [0.1, 0.15) is 27.2 Å². The molecule has 0 aliphatic rings. The maximum atomic E-state index is 12.4. The van der Waals surface area contributed by atoms with E-state index in [0.29, 0.717) is 22.2 Å². The topological polar surface area (TPSA) is 75.9 Å². The monoisotopic (exact) mass is 395 g/mol. The van der Waals surface area contributed by atoms with Crippen LogP contribution in [0.5, 0.6) is 5.75 Å². The molecule has 0 aliphatic heterocycles. The molecule has 0 saturated carbocycles. The van der Waals surface area contributed by atoms with Crippen LogP contribution in [0.2, 0.25) is 5.02 Å². The standard InChI is InChI=1S/C20H14ClN3O2S/c1-13-4-2-3-5-15(13)12-27-20-23-11-17(21)18(24-20)19(25)26-16-8-6-14(10-22)7-9-16/h2-9,11H,12H2,1H3. The number of nitrogens with zero attached hydrogens (tertiary/aromatic N) is 3. The average molecular weight is 396 g/mol. The predicted octanol–water partition coefficient (Wildman–Crippen LogP) is 4.82. The Hall–Kier alpha value is -2.88. The maximum Gasteiger partial charge on any atom is 0.364 e. The molecule has 0 saturated heterocycles. The van der Waals surface area contributed by atoms with Gasteiger partial charge in [0, 0.05) is 5.75 Å². The summed E-state index contributed by atoms with van der Waals surface area (Å²) >= 11 is 7.48. The van der Waals surface area contributed by atoms with Gasteiger partial charge >= 0.3 is 5.97 Å². The van der Waals surface area contributed by atoms with E-state index >= 15 is 0 Å². The van der Waals surface area contributed by atoms with Crippen LogP contribution in [0.3, 0.4) is 0 Å². The molecule has 0 atom stereocenters. The highest BCUT2D eigenvalue weighted by molar-refractivity contribution is 7.98. The van der Waals surface area contributed by atoms with Crippen LogP contribution >= 0.6 is 23.4 Å². The van der Waals surface area contributed by atoms with Gasteiger partial charge in [-0.2, -0.15) is 5.26 Å². The van der Waals surface area contributed by atoms with E-state index in [-0.39, 0.29) is 10.7 Å². The Morgan fingerprint density at radius 1 is 1.22 bits per heavy atom. The Bertz CT molecular complexity index is 1020. The van der Waals surface area contributed by atoms with E-state index in [1.165, 1.54) is 29.1 Å². The number of esters is 1. The number of rotatable bonds is 5. The Kier molecular flexibility index (Phi) is 6.07. The summed E-state index contributed by atoms with van der Waals surface area (Å²) in [6.45, 7) is 2.04. The molecule has 7 heteroatoms. The SMILES string of the molecule is Cc1ccccc1CSc1ncc(Cl)c(C(=O)Oc2ccc(C#N)cc2)n1. The number of carbonyl (C=O) groups is 1. The van der Waals surface area contributed by atoms with E-state index in [1.807, 2.05) is 37.3 Å². The van der Waals surface area contributed by atoms with Crippen molar-refractivity contribution in [3.63, 3.8) is 0 Å². The zero-order valence-corrected chi connectivity index (χ0v) is 15.9. The lowest BCUT2D eigenvalue weighted by Crippen LogP contribution is -2.12. The fourth-order valence-corrected chi connectivity index (χ4v) is 3.29. The number of carbonyl (C=O) groups excluding carboxylic acids is 1. The summed E-state index contributed by atoms with van der Waals surface area (Å²) in [5, 5.41) is 9.37. The lowest BCUT2D eigenvalue weighted by atomic mass is 10.1. The molecule has 1 aromatic heterocycles. The summed E-state index contributed by atoms with van der Waals surface area (Å²) in [5.41, 5.74) is 2.83. The Labute approximate surface area is 166 Å². The second-order valence-corrected chi connectivity index (χ2v) is 6.94. The third-order valence-corrected chi connectivity index (χ3v) is 4.91. The molecular weight excluding hydrogens is 382 g/mol. The molecule has 0 spiro atoms. The number of thioether (sulfide) groups is 1. The van der Waals surface area contributed by atoms with Crippen molar-refractivity contribution in [1.29, 1.82) is 5.26 Å². The fraction of sp³-hybridized carbons (Fsp3) is 0.100. The van der Waals surface area contributed by atoms with Gasteiger partial charge in [0.15, 0.2) is 10.9 Å². The first-order valence-corrected chi connectivity index (χ1v) is 9.35. The summed E-state index contributed by atoms with van der Waals surface area (Å²) < 4.78 is 5.29. The molecule has 0 bridgehead atoms. The zero-order chi connectivity index (χ0) is 19.2. The summed E-state index contributed by atoms with van der Waals surface area (Å²) in [6.07, 6.45) is 1.39. The van der Waals surface area contributed by atoms with E-state index in [1.54, 1.807) is 24.3 Å². The number of aryl methyl sites for hydroxylation is 1. The smallest absolute Gasteiger partial charge is 0.364 e. The van der Waals surface area contributed by atoms with Gasteiger partial charge in [0.2, 0.25) is 0 Å². The van der Waals surface area contributed by atoms with Crippen molar-refractivity contribution in [3.8, 4) is 11.8 Å². The molecular formula is C20H14ClN3O2S. The third-order valence-electron chi connectivity index (χ3n) is 3.73. The van der Waals surface area contributed by atoms with Gasteiger partial charge in [-0.3, -0.25) is 0 Å². The van der Waals surface area contributed by atoms with E-state index in [2.05, 4.69) is 9.97 Å². The molecule has 0 amide bonds. The average Bonchev–Trinajstić information content (AvgIpc) is 2.69. The largest absolute Gasteiger partial charge is 0.422 e. The summed E-state index contributed by atoms with van der Waals surface area (Å²) in [5.74, 6) is 0.311. The molecule has 134 valence electrons. The van der Waals surface area contributed by atoms with E-state index < -0.39 is 5.97 Å². The molecule has 5 nitrogen and oxygen atoms in total. The zero-order valence-electron chi connectivity index (χ0n) is 14.3. The molecule has 27 heavy (non-hydrogen) atoms. The molecule has 0 fully saturated rings. The van der Waals surface area contributed by atoms with Crippen molar-refractivity contribution in [3.05, 3.63) is 82.1 Å². The van der Waals surface area contributed by atoms with Crippen molar-refractivity contribution in [1.82, 2.24) is 9.97 Å². The van der Waals surface area contributed by atoms with Gasteiger partial charge in [-0.1, -0.05) is 47.6 Å².